The Morgan fingerprint density at radius 1 is 1.57 bits per heavy atom. The number of aryl methyl sites for hydroxylation is 1. The normalized spacial score (nSPS) is 18.9. The molecule has 1 fully saturated rings. The smallest absolute Gasteiger partial charge is 0.227 e. The lowest BCUT2D eigenvalue weighted by molar-refractivity contribution is -0.139. The quantitative estimate of drug-likeness (QED) is 0.864. The van der Waals surface area contributed by atoms with Gasteiger partial charge in [-0.2, -0.15) is 4.98 Å². The van der Waals surface area contributed by atoms with Crippen LogP contribution in [0.25, 0.3) is 10.7 Å². The largest absolute Gasteiger partial charge is 0.377 e. The summed E-state index contributed by atoms with van der Waals surface area (Å²) in [5.41, 5.74) is 0. The van der Waals surface area contributed by atoms with Gasteiger partial charge in [-0.25, -0.2) is 0 Å². The molecular formula is C14H17N3O3S. The summed E-state index contributed by atoms with van der Waals surface area (Å²) in [6.45, 7) is 3.87. The lowest BCUT2D eigenvalue weighted by atomic mass is 10.2. The third-order valence-corrected chi connectivity index (χ3v) is 4.32. The number of hydrogen-bond acceptors (Lipinski definition) is 6. The predicted molar refractivity (Wildman–Crippen MR) is 77.9 cm³/mol. The molecule has 3 rings (SSSR count). The van der Waals surface area contributed by atoms with E-state index in [4.69, 9.17) is 9.26 Å². The van der Waals surface area contributed by atoms with Gasteiger partial charge in [-0.15, -0.1) is 11.3 Å². The van der Waals surface area contributed by atoms with Crippen molar-refractivity contribution >= 4 is 17.2 Å². The Morgan fingerprint density at radius 2 is 2.48 bits per heavy atom. The molecule has 0 aliphatic carbocycles. The number of carbonyl (C=O) groups is 1. The number of hydrogen-bond donors (Lipinski definition) is 0. The third-order valence-electron chi connectivity index (χ3n) is 3.45. The zero-order chi connectivity index (χ0) is 14.7. The molecule has 0 unspecified atom stereocenters. The van der Waals surface area contributed by atoms with Crippen molar-refractivity contribution in [3.8, 4) is 10.7 Å². The van der Waals surface area contributed by atoms with E-state index in [9.17, 15) is 4.79 Å². The highest BCUT2D eigenvalue weighted by Crippen LogP contribution is 2.21. The maximum atomic E-state index is 12.2. The summed E-state index contributed by atoms with van der Waals surface area (Å²) >= 11 is 1.56. The first-order valence-electron chi connectivity index (χ1n) is 6.97. The van der Waals surface area contributed by atoms with Crippen molar-refractivity contribution in [1.29, 1.82) is 0 Å². The number of carbonyl (C=O) groups excluding carboxylic acids is 1. The molecule has 112 valence electrons. The Labute approximate surface area is 126 Å². The highest BCUT2D eigenvalue weighted by atomic mass is 32.1. The van der Waals surface area contributed by atoms with Gasteiger partial charge in [0.1, 0.15) is 0 Å². The molecule has 0 aromatic carbocycles. The van der Waals surface area contributed by atoms with Gasteiger partial charge in [0.05, 0.1) is 24.1 Å². The Balaban J connectivity index is 1.56. The molecule has 0 bridgehead atoms. The topological polar surface area (TPSA) is 68.5 Å². The summed E-state index contributed by atoms with van der Waals surface area (Å²) in [5, 5.41) is 5.91. The van der Waals surface area contributed by atoms with Gasteiger partial charge in [0, 0.05) is 19.4 Å². The Kier molecular flexibility index (Phi) is 4.31. The Bertz CT molecular complexity index is 596. The molecule has 3 heterocycles. The molecule has 6 nitrogen and oxygen atoms in total. The molecule has 21 heavy (non-hydrogen) atoms. The first-order chi connectivity index (χ1) is 10.2. The van der Waals surface area contributed by atoms with E-state index in [1.54, 1.807) is 11.3 Å². The molecule has 0 N–H and O–H groups in total. The molecule has 2 aromatic heterocycles. The Hall–Kier alpha value is -1.73. The molecule has 0 saturated carbocycles. The summed E-state index contributed by atoms with van der Waals surface area (Å²) in [6, 6.07) is 4.02. The number of nitrogens with zero attached hydrogens (tertiary/aromatic N) is 3. The van der Waals surface area contributed by atoms with Crippen LogP contribution in [0, 0.1) is 0 Å². The fourth-order valence-electron chi connectivity index (χ4n) is 2.32. The first-order valence-corrected chi connectivity index (χ1v) is 7.85. The van der Waals surface area contributed by atoms with Gasteiger partial charge in [-0.3, -0.25) is 4.79 Å². The van der Waals surface area contributed by atoms with Crippen LogP contribution in [0.15, 0.2) is 22.0 Å². The zero-order valence-electron chi connectivity index (χ0n) is 11.8. The van der Waals surface area contributed by atoms with Gasteiger partial charge in [-0.05, 0) is 18.4 Å². The van der Waals surface area contributed by atoms with Crippen molar-refractivity contribution in [2.75, 3.05) is 19.8 Å². The van der Waals surface area contributed by atoms with E-state index in [1.807, 2.05) is 29.3 Å². The number of morpholine rings is 1. The molecule has 1 atom stereocenters. The van der Waals surface area contributed by atoms with E-state index in [1.165, 1.54) is 0 Å². The monoisotopic (exact) mass is 307 g/mol. The van der Waals surface area contributed by atoms with E-state index in [0.717, 1.165) is 4.88 Å². The third kappa shape index (κ3) is 3.30. The lowest BCUT2D eigenvalue weighted by Crippen LogP contribution is -2.47. The van der Waals surface area contributed by atoms with E-state index in [2.05, 4.69) is 10.1 Å². The summed E-state index contributed by atoms with van der Waals surface area (Å²) < 4.78 is 10.5. The molecule has 1 saturated heterocycles. The molecule has 7 heteroatoms. The van der Waals surface area contributed by atoms with Crippen LogP contribution < -0.4 is 0 Å². The second-order valence-electron chi connectivity index (χ2n) is 5.00. The van der Waals surface area contributed by atoms with Crippen LogP contribution in [0.1, 0.15) is 19.2 Å². The minimum absolute atomic E-state index is 0.113. The van der Waals surface area contributed by atoms with Crippen molar-refractivity contribution in [2.24, 2.45) is 0 Å². The SMILES string of the molecule is C[C@@H]1COCCN1C(=O)CCc1nc(-c2cccs2)no1. The molecule has 1 amide bonds. The van der Waals surface area contributed by atoms with Gasteiger partial charge < -0.3 is 14.2 Å². The molecule has 1 aliphatic heterocycles. The van der Waals surface area contributed by atoms with Crippen LogP contribution in [0.4, 0.5) is 0 Å². The van der Waals surface area contributed by atoms with Crippen LogP contribution in [0.3, 0.4) is 0 Å². The number of ether oxygens (including phenoxy) is 1. The molecule has 0 spiro atoms. The molecule has 1 aliphatic rings. The van der Waals surface area contributed by atoms with E-state index >= 15 is 0 Å². The van der Waals surface area contributed by atoms with Crippen molar-refractivity contribution in [3.63, 3.8) is 0 Å². The highest BCUT2D eigenvalue weighted by molar-refractivity contribution is 7.13. The number of aromatic nitrogens is 2. The second-order valence-corrected chi connectivity index (χ2v) is 5.95. The van der Waals surface area contributed by atoms with Crippen LogP contribution in [-0.4, -0.2) is 46.7 Å². The fraction of sp³-hybridized carbons (Fsp3) is 0.500. The highest BCUT2D eigenvalue weighted by Gasteiger charge is 2.23. The fourth-order valence-corrected chi connectivity index (χ4v) is 2.97. The van der Waals surface area contributed by atoms with Crippen LogP contribution in [0.5, 0.6) is 0 Å². The maximum Gasteiger partial charge on any atom is 0.227 e. The molecule has 0 radical (unpaired) electrons. The van der Waals surface area contributed by atoms with E-state index in [-0.39, 0.29) is 11.9 Å². The van der Waals surface area contributed by atoms with E-state index < -0.39 is 0 Å². The molecule has 2 aromatic rings. The summed E-state index contributed by atoms with van der Waals surface area (Å²) in [7, 11) is 0. The van der Waals surface area contributed by atoms with Crippen molar-refractivity contribution in [2.45, 2.75) is 25.8 Å². The average molecular weight is 307 g/mol. The average Bonchev–Trinajstić information content (AvgIpc) is 3.16. The predicted octanol–water partition coefficient (Wildman–Crippen LogP) is 1.98. The van der Waals surface area contributed by atoms with Crippen molar-refractivity contribution in [1.82, 2.24) is 15.0 Å². The minimum Gasteiger partial charge on any atom is -0.377 e. The second kappa shape index (κ2) is 6.36. The van der Waals surface area contributed by atoms with Crippen LogP contribution in [-0.2, 0) is 16.0 Å². The Morgan fingerprint density at radius 3 is 3.24 bits per heavy atom. The van der Waals surface area contributed by atoms with Gasteiger partial charge in [0.15, 0.2) is 0 Å². The summed E-state index contributed by atoms with van der Waals surface area (Å²) in [4.78, 5) is 19.4. The molecular weight excluding hydrogens is 290 g/mol. The number of rotatable bonds is 4. The summed E-state index contributed by atoms with van der Waals surface area (Å²) in [6.07, 6.45) is 0.859. The first kappa shape index (κ1) is 14.2. The number of thiophene rings is 1. The van der Waals surface area contributed by atoms with Crippen LogP contribution in [0.2, 0.25) is 0 Å². The van der Waals surface area contributed by atoms with Gasteiger partial charge >= 0.3 is 0 Å². The van der Waals surface area contributed by atoms with Crippen LogP contribution >= 0.6 is 11.3 Å². The minimum atomic E-state index is 0.113. The van der Waals surface area contributed by atoms with Crippen molar-refractivity contribution < 1.29 is 14.1 Å². The van der Waals surface area contributed by atoms with Gasteiger partial charge in [0.2, 0.25) is 17.6 Å². The zero-order valence-corrected chi connectivity index (χ0v) is 12.6. The lowest BCUT2D eigenvalue weighted by Gasteiger charge is -2.33. The van der Waals surface area contributed by atoms with E-state index in [0.29, 0.717) is 44.3 Å². The standard InChI is InChI=1S/C14H17N3O3S/c1-10-9-19-7-6-17(10)13(18)5-4-12-15-14(16-20-12)11-3-2-8-21-11/h2-3,8,10H,4-7,9H2,1H3/t10-/m1/s1. The maximum absolute atomic E-state index is 12.2. The van der Waals surface area contributed by atoms with Crippen molar-refractivity contribution in [3.05, 3.63) is 23.4 Å². The van der Waals surface area contributed by atoms with Gasteiger partial charge in [0.25, 0.3) is 0 Å². The number of amides is 1. The summed E-state index contributed by atoms with van der Waals surface area (Å²) in [5.74, 6) is 1.21. The van der Waals surface area contributed by atoms with Gasteiger partial charge in [-0.1, -0.05) is 11.2 Å².